The van der Waals surface area contributed by atoms with E-state index in [-0.39, 0.29) is 5.75 Å². The lowest BCUT2D eigenvalue weighted by atomic mass is 9.69. The van der Waals surface area contributed by atoms with Gasteiger partial charge in [-0.15, -0.1) is 13.2 Å². The number of hydrogen-bond acceptors (Lipinski definition) is 4. The maximum Gasteiger partial charge on any atom is 0.573 e. The van der Waals surface area contributed by atoms with E-state index < -0.39 is 17.4 Å². The predicted molar refractivity (Wildman–Crippen MR) is 103 cm³/mol. The zero-order valence-electron chi connectivity index (χ0n) is 16.2. The van der Waals surface area contributed by atoms with Gasteiger partial charge in [-0.25, -0.2) is 9.97 Å². The molecule has 3 rings (SSSR count). The van der Waals surface area contributed by atoms with Crippen LogP contribution in [0.5, 0.6) is 5.75 Å². The molecule has 0 fully saturated rings. The molecule has 0 aliphatic heterocycles. The van der Waals surface area contributed by atoms with Crippen LogP contribution < -0.4 is 4.74 Å². The van der Waals surface area contributed by atoms with Crippen LogP contribution in [0.3, 0.4) is 0 Å². The average Bonchev–Trinajstić information content (AvgIpc) is 2.67. The van der Waals surface area contributed by atoms with Crippen molar-refractivity contribution in [2.75, 3.05) is 0 Å². The van der Waals surface area contributed by atoms with Crippen LogP contribution in [0.1, 0.15) is 31.9 Å². The Bertz CT molecular complexity index is 951. The van der Waals surface area contributed by atoms with Gasteiger partial charge in [0.25, 0.3) is 0 Å². The molecular formula is C22H21F3N2O2. The SMILES string of the molecule is CC(C)(C)C(O)(c1ccc(-c2ccc(OC(F)(F)F)cc2)cc1)c1cncnc1. The molecule has 0 saturated heterocycles. The van der Waals surface area contributed by atoms with Gasteiger partial charge in [0.05, 0.1) is 0 Å². The molecule has 3 aromatic rings. The largest absolute Gasteiger partial charge is 0.573 e. The highest BCUT2D eigenvalue weighted by atomic mass is 19.4. The first-order valence-corrected chi connectivity index (χ1v) is 8.95. The highest BCUT2D eigenvalue weighted by molar-refractivity contribution is 5.65. The van der Waals surface area contributed by atoms with E-state index in [1.165, 1.54) is 18.5 Å². The number of aliphatic hydroxyl groups is 1. The van der Waals surface area contributed by atoms with E-state index in [2.05, 4.69) is 14.7 Å². The van der Waals surface area contributed by atoms with E-state index in [9.17, 15) is 18.3 Å². The Kier molecular flexibility index (Phi) is 5.36. The van der Waals surface area contributed by atoms with Crippen LogP contribution in [-0.4, -0.2) is 21.4 Å². The van der Waals surface area contributed by atoms with Crippen LogP contribution in [-0.2, 0) is 5.60 Å². The fourth-order valence-corrected chi connectivity index (χ4v) is 3.27. The number of halogens is 3. The summed E-state index contributed by atoms with van der Waals surface area (Å²) in [4.78, 5) is 8.05. The quantitative estimate of drug-likeness (QED) is 0.641. The molecule has 0 amide bonds. The van der Waals surface area contributed by atoms with Gasteiger partial charge in [-0.3, -0.25) is 0 Å². The second-order valence-electron chi connectivity index (χ2n) is 7.74. The van der Waals surface area contributed by atoms with E-state index in [4.69, 9.17) is 0 Å². The fourth-order valence-electron chi connectivity index (χ4n) is 3.27. The van der Waals surface area contributed by atoms with Gasteiger partial charge in [0.2, 0.25) is 0 Å². The first-order valence-electron chi connectivity index (χ1n) is 8.95. The maximum absolute atomic E-state index is 12.3. The van der Waals surface area contributed by atoms with Gasteiger partial charge in [0.15, 0.2) is 0 Å². The highest BCUT2D eigenvalue weighted by Crippen LogP contribution is 2.44. The third-order valence-electron chi connectivity index (χ3n) is 4.79. The molecule has 1 heterocycles. The Hall–Kier alpha value is -2.93. The number of hydrogen-bond donors (Lipinski definition) is 1. The molecule has 0 spiro atoms. The number of aromatic nitrogens is 2. The summed E-state index contributed by atoms with van der Waals surface area (Å²) in [5, 5.41) is 11.6. The van der Waals surface area contributed by atoms with Crippen molar-refractivity contribution in [1.82, 2.24) is 9.97 Å². The number of benzene rings is 2. The van der Waals surface area contributed by atoms with Crippen LogP contribution in [0.25, 0.3) is 11.1 Å². The molecule has 4 nitrogen and oxygen atoms in total. The molecule has 2 aromatic carbocycles. The van der Waals surface area contributed by atoms with Crippen LogP contribution in [0.15, 0.2) is 67.3 Å². The summed E-state index contributed by atoms with van der Waals surface area (Å²) in [6, 6.07) is 12.9. The minimum Gasteiger partial charge on any atom is -0.406 e. The molecule has 1 atom stereocenters. The second-order valence-corrected chi connectivity index (χ2v) is 7.74. The smallest absolute Gasteiger partial charge is 0.406 e. The second kappa shape index (κ2) is 7.48. The zero-order chi connectivity index (χ0) is 21.3. The Morgan fingerprint density at radius 3 is 1.69 bits per heavy atom. The van der Waals surface area contributed by atoms with Crippen molar-refractivity contribution >= 4 is 0 Å². The lowest BCUT2D eigenvalue weighted by molar-refractivity contribution is -0.274. The fraction of sp³-hybridized carbons (Fsp3) is 0.273. The molecule has 0 aliphatic carbocycles. The summed E-state index contributed by atoms with van der Waals surface area (Å²) >= 11 is 0. The van der Waals surface area contributed by atoms with Crippen molar-refractivity contribution in [3.05, 3.63) is 78.4 Å². The summed E-state index contributed by atoms with van der Waals surface area (Å²) in [6.07, 6.45) is -0.138. The molecule has 7 heteroatoms. The van der Waals surface area contributed by atoms with E-state index in [1.54, 1.807) is 36.7 Å². The van der Waals surface area contributed by atoms with Crippen molar-refractivity contribution in [2.45, 2.75) is 32.7 Å². The molecule has 152 valence electrons. The Morgan fingerprint density at radius 1 is 0.759 bits per heavy atom. The van der Waals surface area contributed by atoms with Crippen molar-refractivity contribution < 1.29 is 23.0 Å². The lowest BCUT2D eigenvalue weighted by Crippen LogP contribution is -2.41. The average molecular weight is 402 g/mol. The van der Waals surface area contributed by atoms with E-state index in [0.717, 1.165) is 11.1 Å². The summed E-state index contributed by atoms with van der Waals surface area (Å²) in [5.41, 5.74) is 0.906. The first-order chi connectivity index (χ1) is 13.5. The normalized spacial score (nSPS) is 14.3. The number of ether oxygens (including phenoxy) is 1. The van der Waals surface area contributed by atoms with Gasteiger partial charge in [-0.1, -0.05) is 57.2 Å². The molecule has 29 heavy (non-hydrogen) atoms. The molecule has 0 saturated carbocycles. The van der Waals surface area contributed by atoms with Crippen molar-refractivity contribution in [1.29, 1.82) is 0 Å². The molecule has 0 radical (unpaired) electrons. The minimum absolute atomic E-state index is 0.274. The van der Waals surface area contributed by atoms with E-state index >= 15 is 0 Å². The van der Waals surface area contributed by atoms with Crippen LogP contribution in [0, 0.1) is 5.41 Å². The monoisotopic (exact) mass is 402 g/mol. The molecule has 0 aliphatic rings. The third-order valence-corrected chi connectivity index (χ3v) is 4.79. The number of rotatable bonds is 4. The van der Waals surface area contributed by atoms with Gasteiger partial charge >= 0.3 is 6.36 Å². The van der Waals surface area contributed by atoms with Crippen LogP contribution in [0.4, 0.5) is 13.2 Å². The van der Waals surface area contributed by atoms with Gasteiger partial charge in [0.1, 0.15) is 17.7 Å². The standard InChI is InChI=1S/C22H21F3N2O2/c1-20(2,3)21(28,18-12-26-14-27-13-18)17-8-4-15(5-9-17)16-6-10-19(11-7-16)29-22(23,24)25/h4-14,28H,1-3H3. The van der Waals surface area contributed by atoms with Crippen molar-refractivity contribution in [3.63, 3.8) is 0 Å². The number of nitrogens with zero attached hydrogens (tertiary/aromatic N) is 2. The maximum atomic E-state index is 12.3. The van der Waals surface area contributed by atoms with E-state index in [0.29, 0.717) is 11.1 Å². The number of alkyl halides is 3. The zero-order valence-corrected chi connectivity index (χ0v) is 16.2. The Labute approximate surface area is 167 Å². The summed E-state index contributed by atoms with van der Waals surface area (Å²) < 4.78 is 40.8. The molecule has 0 bridgehead atoms. The van der Waals surface area contributed by atoms with Crippen molar-refractivity contribution in [3.8, 4) is 16.9 Å². The lowest BCUT2D eigenvalue weighted by Gasteiger charge is -2.40. The van der Waals surface area contributed by atoms with Gasteiger partial charge in [0, 0.05) is 18.0 Å². The van der Waals surface area contributed by atoms with Gasteiger partial charge < -0.3 is 9.84 Å². The predicted octanol–water partition coefficient (Wildman–Crippen LogP) is 5.32. The van der Waals surface area contributed by atoms with Gasteiger partial charge in [-0.05, 0) is 34.2 Å². The topological polar surface area (TPSA) is 55.2 Å². The van der Waals surface area contributed by atoms with E-state index in [1.807, 2.05) is 32.9 Å². The minimum atomic E-state index is -4.72. The Morgan fingerprint density at radius 2 is 1.24 bits per heavy atom. The molecule has 1 unspecified atom stereocenters. The summed E-state index contributed by atoms with van der Waals surface area (Å²) in [7, 11) is 0. The van der Waals surface area contributed by atoms with Crippen molar-refractivity contribution in [2.24, 2.45) is 5.41 Å². The first kappa shape index (κ1) is 20.8. The summed E-state index contributed by atoms with van der Waals surface area (Å²) in [5.74, 6) is -0.274. The highest BCUT2D eigenvalue weighted by Gasteiger charge is 2.43. The van der Waals surface area contributed by atoms with Crippen LogP contribution in [0.2, 0.25) is 0 Å². The molecule has 1 N–H and O–H groups in total. The third kappa shape index (κ3) is 4.40. The Balaban J connectivity index is 1.93. The van der Waals surface area contributed by atoms with Crippen LogP contribution >= 0.6 is 0 Å². The summed E-state index contributed by atoms with van der Waals surface area (Å²) in [6.45, 7) is 5.77. The molecule has 1 aromatic heterocycles. The van der Waals surface area contributed by atoms with Gasteiger partial charge in [-0.2, -0.15) is 0 Å². The molecular weight excluding hydrogens is 381 g/mol.